The van der Waals surface area contributed by atoms with Gasteiger partial charge in [0.25, 0.3) is 5.91 Å². The lowest BCUT2D eigenvalue weighted by Gasteiger charge is -2.19. The summed E-state index contributed by atoms with van der Waals surface area (Å²) in [6, 6.07) is 21.5. The second-order valence-corrected chi connectivity index (χ2v) is 14.2. The Kier molecular flexibility index (Phi) is 10.9. The fourth-order valence-corrected chi connectivity index (χ4v) is 6.47. The molecule has 0 aliphatic carbocycles. The van der Waals surface area contributed by atoms with Crippen molar-refractivity contribution in [1.29, 1.82) is 0 Å². The molecule has 0 bridgehead atoms. The molecule has 3 aromatic heterocycles. The highest BCUT2D eigenvalue weighted by atomic mass is 16.6. The fraction of sp³-hybridized carbons (Fsp3) is 0.317. The van der Waals surface area contributed by atoms with Crippen molar-refractivity contribution in [3.8, 4) is 28.5 Å². The molecular formula is C41H44N8O6. The van der Waals surface area contributed by atoms with Crippen molar-refractivity contribution in [2.45, 2.75) is 39.2 Å². The number of ether oxygens (including phenoxy) is 3. The van der Waals surface area contributed by atoms with Gasteiger partial charge in [0.15, 0.2) is 0 Å². The van der Waals surface area contributed by atoms with Crippen LogP contribution in [-0.2, 0) is 32.5 Å². The monoisotopic (exact) mass is 744 g/mol. The Balaban J connectivity index is 1.10. The van der Waals surface area contributed by atoms with E-state index in [9.17, 15) is 14.4 Å². The predicted octanol–water partition coefficient (Wildman–Crippen LogP) is 5.81. The molecular weight excluding hydrogens is 701 g/mol. The van der Waals surface area contributed by atoms with Crippen LogP contribution in [0.15, 0.2) is 79.3 Å². The number of amides is 3. The molecule has 14 nitrogen and oxygen atoms in total. The number of hydrogen-bond donors (Lipinski definition) is 3. The van der Waals surface area contributed by atoms with Gasteiger partial charge in [-0.15, -0.1) is 0 Å². The molecule has 0 saturated carbocycles. The summed E-state index contributed by atoms with van der Waals surface area (Å²) in [5.41, 5.74) is 7.41. The first-order valence-corrected chi connectivity index (χ1v) is 18.3. The number of fused-ring (bicyclic) bond motifs is 3. The molecule has 4 heterocycles. The Labute approximate surface area is 318 Å². The van der Waals surface area contributed by atoms with Crippen LogP contribution < -0.4 is 16.0 Å². The van der Waals surface area contributed by atoms with E-state index in [1.807, 2.05) is 60.1 Å². The largest absolute Gasteiger partial charge is 0.444 e. The number of carbonyl (C=O) groups excluding carboxylic acids is 3. The van der Waals surface area contributed by atoms with Gasteiger partial charge in [0.05, 0.1) is 66.9 Å². The summed E-state index contributed by atoms with van der Waals surface area (Å²) in [7, 11) is 1.93. The van der Waals surface area contributed by atoms with E-state index < -0.39 is 11.7 Å². The molecule has 1 aliphatic rings. The molecule has 14 heteroatoms. The van der Waals surface area contributed by atoms with Crippen molar-refractivity contribution in [3.63, 3.8) is 0 Å². The number of carbonyl (C=O) groups is 3. The third-order valence-electron chi connectivity index (χ3n) is 9.01. The van der Waals surface area contributed by atoms with Crippen LogP contribution in [0.3, 0.4) is 0 Å². The summed E-state index contributed by atoms with van der Waals surface area (Å²) < 4.78 is 20.3. The first kappa shape index (κ1) is 37.2. The minimum Gasteiger partial charge on any atom is -0.444 e. The molecule has 0 radical (unpaired) electrons. The average molecular weight is 745 g/mol. The Morgan fingerprint density at radius 1 is 0.873 bits per heavy atom. The maximum atomic E-state index is 13.3. The molecule has 1 aliphatic heterocycles. The number of aromatic nitrogens is 5. The summed E-state index contributed by atoms with van der Waals surface area (Å²) in [5, 5.41) is 9.48. The van der Waals surface area contributed by atoms with Gasteiger partial charge in [0, 0.05) is 54.4 Å². The Morgan fingerprint density at radius 3 is 2.42 bits per heavy atom. The van der Waals surface area contributed by atoms with Crippen molar-refractivity contribution >= 4 is 45.5 Å². The molecule has 6 aromatic rings. The summed E-state index contributed by atoms with van der Waals surface area (Å²) in [6.45, 7) is 7.37. The fourth-order valence-electron chi connectivity index (χ4n) is 6.47. The summed E-state index contributed by atoms with van der Waals surface area (Å²) in [4.78, 5) is 51.6. The van der Waals surface area contributed by atoms with Gasteiger partial charge in [0.2, 0.25) is 5.91 Å². The Bertz CT molecular complexity index is 2380. The van der Waals surface area contributed by atoms with Gasteiger partial charge < -0.3 is 34.7 Å². The third-order valence-corrected chi connectivity index (χ3v) is 9.01. The number of aryl methyl sites for hydroxylation is 2. The van der Waals surface area contributed by atoms with E-state index >= 15 is 0 Å². The molecule has 7 rings (SSSR count). The Hall–Kier alpha value is -6.12. The number of pyridine rings is 1. The third kappa shape index (κ3) is 8.66. The number of para-hydroxylation sites is 1. The first-order chi connectivity index (χ1) is 26.5. The minimum atomic E-state index is -0.555. The van der Waals surface area contributed by atoms with Gasteiger partial charge in [-0.05, 0) is 81.3 Å². The molecule has 3 aromatic carbocycles. The molecule has 0 fully saturated rings. The second kappa shape index (κ2) is 16.1. The number of rotatable bonds is 13. The van der Waals surface area contributed by atoms with E-state index in [0.717, 1.165) is 50.3 Å². The molecule has 0 unspecified atom stereocenters. The zero-order chi connectivity index (χ0) is 38.5. The van der Waals surface area contributed by atoms with Crippen LogP contribution >= 0.6 is 0 Å². The number of hydrogen-bond acceptors (Lipinski definition) is 9. The number of alkyl carbamates (subject to hydrolysis) is 1. The number of nitrogens with one attached hydrogen (secondary N) is 3. The van der Waals surface area contributed by atoms with E-state index in [-0.39, 0.29) is 11.8 Å². The number of imidazole rings is 2. The average Bonchev–Trinajstić information content (AvgIpc) is 3.77. The number of nitrogens with zero attached hydrogens (tertiary/aromatic N) is 5. The van der Waals surface area contributed by atoms with E-state index in [4.69, 9.17) is 24.2 Å². The van der Waals surface area contributed by atoms with Crippen molar-refractivity contribution in [1.82, 2.24) is 34.7 Å². The highest BCUT2D eigenvalue weighted by Gasteiger charge is 2.22. The molecule has 0 atom stereocenters. The first-order valence-electron chi connectivity index (χ1n) is 18.3. The van der Waals surface area contributed by atoms with Gasteiger partial charge in [-0.25, -0.2) is 19.7 Å². The van der Waals surface area contributed by atoms with Gasteiger partial charge in [-0.1, -0.05) is 18.2 Å². The van der Waals surface area contributed by atoms with E-state index in [2.05, 4.69) is 31.6 Å². The van der Waals surface area contributed by atoms with Crippen LogP contribution in [0.2, 0.25) is 0 Å². The normalized spacial score (nSPS) is 12.8. The van der Waals surface area contributed by atoms with Crippen molar-refractivity contribution < 1.29 is 28.6 Å². The Morgan fingerprint density at radius 2 is 1.65 bits per heavy atom. The maximum Gasteiger partial charge on any atom is 0.407 e. The highest BCUT2D eigenvalue weighted by molar-refractivity contribution is 6.01. The van der Waals surface area contributed by atoms with Gasteiger partial charge in [-0.2, -0.15) is 0 Å². The number of anilines is 1. The van der Waals surface area contributed by atoms with Crippen molar-refractivity contribution in [2.24, 2.45) is 7.05 Å². The van der Waals surface area contributed by atoms with E-state index in [0.29, 0.717) is 69.3 Å². The second-order valence-electron chi connectivity index (χ2n) is 14.2. The van der Waals surface area contributed by atoms with Gasteiger partial charge in [0.1, 0.15) is 11.4 Å². The molecule has 284 valence electrons. The van der Waals surface area contributed by atoms with Crippen molar-refractivity contribution in [3.05, 3.63) is 90.4 Å². The topological polar surface area (TPSA) is 164 Å². The summed E-state index contributed by atoms with van der Waals surface area (Å²) in [6.07, 6.45) is 4.11. The standard InChI is InChI=1S/C41H44N8O6/c1-41(2,3)55-40(52)44-16-18-54-20-19-53-17-15-43-39(51)27-9-13-35-33(22-27)47-38(49(35)28-11-12-31-26(21-28)10-14-37(50)46-31)30-23-34(36-24-42-25-48(36)4)45-32-8-6-5-7-29(30)32/h5-9,11-13,21-25H,10,14-20H2,1-4H3,(H,43,51)(H,44,52)(H,46,50). The van der Waals surface area contributed by atoms with E-state index in [1.165, 1.54) is 0 Å². The smallest absolute Gasteiger partial charge is 0.407 e. The SMILES string of the molecule is Cn1cncc1-c1cc(-c2nc3cc(C(=O)NCCOCCOCCNC(=O)OC(C)(C)C)ccc3n2-c2ccc3c(c2)CCC(=O)N3)c2ccccc2n1. The molecule has 0 saturated heterocycles. The molecule has 0 spiro atoms. The lowest BCUT2D eigenvalue weighted by Crippen LogP contribution is -2.34. The van der Waals surface area contributed by atoms with Crippen LogP contribution in [-0.4, -0.2) is 87.1 Å². The lowest BCUT2D eigenvalue weighted by molar-refractivity contribution is -0.116. The van der Waals surface area contributed by atoms with Crippen LogP contribution in [0.1, 0.15) is 43.1 Å². The van der Waals surface area contributed by atoms with Crippen LogP contribution in [0.25, 0.3) is 50.4 Å². The summed E-state index contributed by atoms with van der Waals surface area (Å²) in [5.74, 6) is 0.446. The molecule has 3 N–H and O–H groups in total. The predicted molar refractivity (Wildman–Crippen MR) is 209 cm³/mol. The number of benzene rings is 3. The zero-order valence-corrected chi connectivity index (χ0v) is 31.3. The summed E-state index contributed by atoms with van der Waals surface area (Å²) >= 11 is 0. The quantitative estimate of drug-likeness (QED) is 0.124. The minimum absolute atomic E-state index is 0.00731. The highest BCUT2D eigenvalue weighted by Crippen LogP contribution is 2.37. The van der Waals surface area contributed by atoms with Crippen LogP contribution in [0.4, 0.5) is 10.5 Å². The van der Waals surface area contributed by atoms with Gasteiger partial charge >= 0.3 is 6.09 Å². The zero-order valence-electron chi connectivity index (χ0n) is 31.3. The van der Waals surface area contributed by atoms with E-state index in [1.54, 1.807) is 45.4 Å². The van der Waals surface area contributed by atoms with Crippen LogP contribution in [0.5, 0.6) is 0 Å². The molecule has 3 amide bonds. The van der Waals surface area contributed by atoms with Crippen LogP contribution in [0, 0.1) is 0 Å². The maximum absolute atomic E-state index is 13.3. The van der Waals surface area contributed by atoms with Gasteiger partial charge in [-0.3, -0.25) is 14.2 Å². The van der Waals surface area contributed by atoms with Crippen molar-refractivity contribution in [2.75, 3.05) is 44.8 Å². The lowest BCUT2D eigenvalue weighted by atomic mass is 10.0. The molecule has 55 heavy (non-hydrogen) atoms.